The van der Waals surface area contributed by atoms with Crippen molar-refractivity contribution >= 4 is 5.69 Å². The van der Waals surface area contributed by atoms with Crippen LogP contribution in [0.3, 0.4) is 0 Å². The smallest absolute Gasteiger partial charge is 0.165 e. The Morgan fingerprint density at radius 1 is 0.968 bits per heavy atom. The van der Waals surface area contributed by atoms with Crippen molar-refractivity contribution in [2.45, 2.75) is 31.4 Å². The van der Waals surface area contributed by atoms with Crippen LogP contribution in [0.5, 0.6) is 17.2 Å². The molecule has 1 spiro atoms. The lowest BCUT2D eigenvalue weighted by Gasteiger charge is -2.37. The van der Waals surface area contributed by atoms with E-state index in [1.165, 1.54) is 16.8 Å². The van der Waals surface area contributed by atoms with Gasteiger partial charge in [0.2, 0.25) is 0 Å². The lowest BCUT2D eigenvalue weighted by Crippen LogP contribution is -2.50. The second-order valence-corrected chi connectivity index (χ2v) is 9.34. The summed E-state index contributed by atoms with van der Waals surface area (Å²) in [5, 5.41) is 0. The Balaban J connectivity index is 1.33. The van der Waals surface area contributed by atoms with E-state index in [1.54, 1.807) is 0 Å². The zero-order chi connectivity index (χ0) is 21.0. The number of anilines is 1. The van der Waals surface area contributed by atoms with Crippen LogP contribution in [0, 0.1) is 0 Å². The summed E-state index contributed by atoms with van der Waals surface area (Å²) >= 11 is 0. The normalized spacial score (nSPS) is 26.8. The molecule has 4 aliphatic rings. The highest BCUT2D eigenvalue weighted by molar-refractivity contribution is 5.70. The third kappa shape index (κ3) is 3.07. The third-order valence-corrected chi connectivity index (χ3v) is 7.18. The van der Waals surface area contributed by atoms with Crippen molar-refractivity contribution in [3.63, 3.8) is 0 Å². The molecule has 0 aromatic heterocycles. The van der Waals surface area contributed by atoms with Gasteiger partial charge < -0.3 is 23.8 Å². The van der Waals surface area contributed by atoms with Crippen LogP contribution in [0.2, 0.25) is 0 Å². The first-order chi connectivity index (χ1) is 15.1. The number of fused-ring (bicyclic) bond motifs is 5. The Morgan fingerprint density at radius 2 is 1.77 bits per heavy atom. The monoisotopic (exact) mass is 422 g/mol. The molecule has 6 heteroatoms. The summed E-state index contributed by atoms with van der Waals surface area (Å²) in [7, 11) is 0. The SMILES string of the molecule is CC(C)N1CCOC(CN2CC3(COc4cc5c(cc43)OCCO5)c3ccccc32)C1. The van der Waals surface area contributed by atoms with E-state index in [0.717, 1.165) is 50.0 Å². The van der Waals surface area contributed by atoms with Gasteiger partial charge in [-0.1, -0.05) is 18.2 Å². The highest BCUT2D eigenvalue weighted by Crippen LogP contribution is 2.54. The molecule has 31 heavy (non-hydrogen) atoms. The molecule has 0 bridgehead atoms. The van der Waals surface area contributed by atoms with Gasteiger partial charge >= 0.3 is 0 Å². The molecule has 2 aromatic rings. The predicted octanol–water partition coefficient (Wildman–Crippen LogP) is 3.07. The average Bonchev–Trinajstić information content (AvgIpc) is 3.31. The molecule has 4 aliphatic heterocycles. The number of ether oxygens (including phenoxy) is 4. The van der Waals surface area contributed by atoms with Crippen LogP contribution in [-0.2, 0) is 10.2 Å². The van der Waals surface area contributed by atoms with E-state index in [2.05, 4.69) is 54.0 Å². The van der Waals surface area contributed by atoms with Crippen LogP contribution in [0.1, 0.15) is 25.0 Å². The quantitative estimate of drug-likeness (QED) is 0.758. The van der Waals surface area contributed by atoms with Crippen molar-refractivity contribution in [1.82, 2.24) is 4.90 Å². The van der Waals surface area contributed by atoms with Gasteiger partial charge in [0.25, 0.3) is 0 Å². The minimum atomic E-state index is -0.186. The van der Waals surface area contributed by atoms with Gasteiger partial charge in [0.15, 0.2) is 11.5 Å². The molecule has 2 unspecified atom stereocenters. The minimum Gasteiger partial charge on any atom is -0.492 e. The molecule has 0 amide bonds. The second-order valence-electron chi connectivity index (χ2n) is 9.34. The van der Waals surface area contributed by atoms with Gasteiger partial charge in [-0.15, -0.1) is 0 Å². The Bertz CT molecular complexity index is 993. The average molecular weight is 423 g/mol. The molecule has 0 N–H and O–H groups in total. The molecule has 6 rings (SSSR count). The van der Waals surface area contributed by atoms with Gasteiger partial charge in [0.05, 0.1) is 18.1 Å². The Hall–Kier alpha value is -2.44. The van der Waals surface area contributed by atoms with Crippen molar-refractivity contribution in [2.75, 3.05) is 57.5 Å². The third-order valence-electron chi connectivity index (χ3n) is 7.18. The number of hydrogen-bond donors (Lipinski definition) is 0. The van der Waals surface area contributed by atoms with Crippen molar-refractivity contribution in [3.05, 3.63) is 47.5 Å². The molecule has 2 atom stereocenters. The van der Waals surface area contributed by atoms with Crippen molar-refractivity contribution in [1.29, 1.82) is 0 Å². The lowest BCUT2D eigenvalue weighted by atomic mass is 9.77. The molecule has 164 valence electrons. The summed E-state index contributed by atoms with van der Waals surface area (Å²) in [5.41, 5.74) is 3.65. The van der Waals surface area contributed by atoms with Gasteiger partial charge in [-0.05, 0) is 31.5 Å². The van der Waals surface area contributed by atoms with E-state index in [4.69, 9.17) is 18.9 Å². The van der Waals surface area contributed by atoms with Crippen molar-refractivity contribution in [2.24, 2.45) is 0 Å². The first kappa shape index (κ1) is 19.3. The van der Waals surface area contributed by atoms with Gasteiger partial charge in [0, 0.05) is 49.5 Å². The topological polar surface area (TPSA) is 43.4 Å². The number of hydrogen-bond acceptors (Lipinski definition) is 6. The van der Waals surface area contributed by atoms with E-state index in [1.807, 2.05) is 6.07 Å². The van der Waals surface area contributed by atoms with Crippen molar-refractivity contribution in [3.8, 4) is 17.2 Å². The zero-order valence-corrected chi connectivity index (χ0v) is 18.3. The maximum absolute atomic E-state index is 6.24. The fourth-order valence-corrected chi connectivity index (χ4v) is 5.58. The van der Waals surface area contributed by atoms with E-state index in [0.29, 0.717) is 25.9 Å². The molecule has 0 aliphatic carbocycles. The summed E-state index contributed by atoms with van der Waals surface area (Å²) in [4.78, 5) is 5.02. The van der Waals surface area contributed by atoms with Crippen LogP contribution in [0.15, 0.2) is 36.4 Å². The standard InChI is InChI=1S/C25H30N2O4/c1-17(2)26-7-8-28-18(13-26)14-27-15-25(19-5-3-4-6-21(19)27)16-31-22-12-24-23(11-20(22)25)29-9-10-30-24/h3-6,11-12,17-18H,7-10,13-16H2,1-2H3. The summed E-state index contributed by atoms with van der Waals surface area (Å²) in [6.45, 7) is 10.9. The maximum Gasteiger partial charge on any atom is 0.165 e. The predicted molar refractivity (Wildman–Crippen MR) is 119 cm³/mol. The van der Waals surface area contributed by atoms with Crippen molar-refractivity contribution < 1.29 is 18.9 Å². The number of benzene rings is 2. The summed E-state index contributed by atoms with van der Waals surface area (Å²) in [6.07, 6.45) is 0.210. The van der Waals surface area contributed by atoms with Crippen LogP contribution in [0.25, 0.3) is 0 Å². The molecule has 0 radical (unpaired) electrons. The van der Waals surface area contributed by atoms with Crippen LogP contribution < -0.4 is 19.1 Å². The first-order valence-electron chi connectivity index (χ1n) is 11.4. The highest BCUT2D eigenvalue weighted by atomic mass is 16.6. The molecular weight excluding hydrogens is 392 g/mol. The van der Waals surface area contributed by atoms with Gasteiger partial charge in [-0.2, -0.15) is 0 Å². The van der Waals surface area contributed by atoms with Gasteiger partial charge in [-0.25, -0.2) is 0 Å². The largest absolute Gasteiger partial charge is 0.492 e. The molecule has 1 saturated heterocycles. The number of para-hydroxylation sites is 1. The van der Waals surface area contributed by atoms with Crippen LogP contribution in [-0.4, -0.2) is 69.7 Å². The fourth-order valence-electron chi connectivity index (χ4n) is 5.58. The Kier molecular flexibility index (Phi) is 4.54. The molecule has 2 aromatic carbocycles. The zero-order valence-electron chi connectivity index (χ0n) is 18.3. The molecule has 0 saturated carbocycles. The Morgan fingerprint density at radius 3 is 2.61 bits per heavy atom. The number of nitrogens with zero attached hydrogens (tertiary/aromatic N) is 2. The van der Waals surface area contributed by atoms with E-state index in [9.17, 15) is 0 Å². The van der Waals surface area contributed by atoms with Gasteiger partial charge in [0.1, 0.15) is 25.6 Å². The molecular formula is C25H30N2O4. The molecule has 4 heterocycles. The fraction of sp³-hybridized carbons (Fsp3) is 0.520. The number of rotatable bonds is 3. The Labute approximate surface area is 183 Å². The maximum atomic E-state index is 6.24. The van der Waals surface area contributed by atoms with E-state index < -0.39 is 0 Å². The van der Waals surface area contributed by atoms with Crippen LogP contribution >= 0.6 is 0 Å². The van der Waals surface area contributed by atoms with E-state index >= 15 is 0 Å². The summed E-state index contributed by atoms with van der Waals surface area (Å²) in [6, 6.07) is 13.5. The highest BCUT2D eigenvalue weighted by Gasteiger charge is 2.50. The van der Waals surface area contributed by atoms with Crippen LogP contribution in [0.4, 0.5) is 5.69 Å². The second kappa shape index (κ2) is 7.31. The molecule has 6 nitrogen and oxygen atoms in total. The first-order valence-corrected chi connectivity index (χ1v) is 11.4. The minimum absolute atomic E-state index is 0.186. The summed E-state index contributed by atoms with van der Waals surface area (Å²) in [5.74, 6) is 2.53. The summed E-state index contributed by atoms with van der Waals surface area (Å²) < 4.78 is 24.1. The lowest BCUT2D eigenvalue weighted by molar-refractivity contribution is -0.0342. The van der Waals surface area contributed by atoms with Gasteiger partial charge in [-0.3, -0.25) is 4.90 Å². The van der Waals surface area contributed by atoms with E-state index in [-0.39, 0.29) is 11.5 Å². The number of morpholine rings is 1. The molecule has 1 fully saturated rings.